The van der Waals surface area contributed by atoms with Gasteiger partial charge >= 0.3 is 0 Å². The molecule has 2 rings (SSSR count). The Morgan fingerprint density at radius 3 is 2.48 bits per heavy atom. The molecule has 1 heterocycles. The second kappa shape index (κ2) is 10.6. The van der Waals surface area contributed by atoms with Crippen LogP contribution in [-0.2, 0) is 6.42 Å². The van der Waals surface area contributed by atoms with Crippen molar-refractivity contribution in [1.29, 1.82) is 0 Å². The van der Waals surface area contributed by atoms with Gasteiger partial charge in [0.05, 0.1) is 0 Å². The van der Waals surface area contributed by atoms with E-state index < -0.39 is 0 Å². The molecular formula is C21H35N3O. The molecule has 1 aromatic rings. The Morgan fingerprint density at radius 1 is 1.12 bits per heavy atom. The fourth-order valence-corrected chi connectivity index (χ4v) is 3.73. The topological polar surface area (TPSA) is 35.6 Å². The number of rotatable bonds is 8. The Labute approximate surface area is 153 Å². The van der Waals surface area contributed by atoms with Crippen LogP contribution in [-0.4, -0.2) is 61.0 Å². The predicted octanol–water partition coefficient (Wildman–Crippen LogP) is 3.18. The SMILES string of the molecule is CCCC(Cc1ccc(C(=O)N(CC)CC)cc1)N1CCCNCC1. The summed E-state index contributed by atoms with van der Waals surface area (Å²) in [6, 6.07) is 8.91. The van der Waals surface area contributed by atoms with Crippen LogP contribution in [0.25, 0.3) is 0 Å². The number of amides is 1. The molecule has 0 aromatic heterocycles. The third-order valence-corrected chi connectivity index (χ3v) is 5.24. The van der Waals surface area contributed by atoms with Gasteiger partial charge in [0.25, 0.3) is 5.91 Å². The predicted molar refractivity (Wildman–Crippen MR) is 105 cm³/mol. The minimum atomic E-state index is 0.139. The molecule has 0 bridgehead atoms. The van der Waals surface area contributed by atoms with E-state index in [4.69, 9.17) is 0 Å². The van der Waals surface area contributed by atoms with Crippen LogP contribution < -0.4 is 5.32 Å². The molecular weight excluding hydrogens is 310 g/mol. The van der Waals surface area contributed by atoms with Gasteiger partial charge in [-0.1, -0.05) is 25.5 Å². The highest BCUT2D eigenvalue weighted by Crippen LogP contribution is 2.16. The standard InChI is InChI=1S/C21H35N3O/c1-4-8-20(24-15-7-13-22-14-16-24)17-18-9-11-19(12-10-18)21(25)23(5-2)6-3/h9-12,20,22H,4-8,13-17H2,1-3H3. The molecule has 0 spiro atoms. The third kappa shape index (κ3) is 5.82. The fourth-order valence-electron chi connectivity index (χ4n) is 3.73. The van der Waals surface area contributed by atoms with Crippen LogP contribution in [0.15, 0.2) is 24.3 Å². The van der Waals surface area contributed by atoms with E-state index in [1.807, 2.05) is 30.9 Å². The maximum absolute atomic E-state index is 12.4. The first-order valence-electron chi connectivity index (χ1n) is 10.0. The molecule has 1 aliphatic heterocycles. The lowest BCUT2D eigenvalue weighted by molar-refractivity contribution is 0.0773. The van der Waals surface area contributed by atoms with E-state index in [2.05, 4.69) is 29.3 Å². The highest BCUT2D eigenvalue weighted by atomic mass is 16.2. The molecule has 0 saturated carbocycles. The van der Waals surface area contributed by atoms with Gasteiger partial charge in [0.15, 0.2) is 0 Å². The van der Waals surface area contributed by atoms with Gasteiger partial charge in [-0.15, -0.1) is 0 Å². The van der Waals surface area contributed by atoms with Crippen molar-refractivity contribution in [2.75, 3.05) is 39.3 Å². The van der Waals surface area contributed by atoms with Crippen LogP contribution in [0.2, 0.25) is 0 Å². The summed E-state index contributed by atoms with van der Waals surface area (Å²) in [5.41, 5.74) is 2.14. The zero-order valence-electron chi connectivity index (χ0n) is 16.3. The molecule has 1 N–H and O–H groups in total. The van der Waals surface area contributed by atoms with Gasteiger partial charge in [0, 0.05) is 37.8 Å². The number of nitrogens with zero attached hydrogens (tertiary/aromatic N) is 2. The van der Waals surface area contributed by atoms with Gasteiger partial charge in [0.1, 0.15) is 0 Å². The molecule has 4 heteroatoms. The van der Waals surface area contributed by atoms with Crippen molar-refractivity contribution in [3.8, 4) is 0 Å². The summed E-state index contributed by atoms with van der Waals surface area (Å²) in [5.74, 6) is 0.139. The Balaban J connectivity index is 2.02. The summed E-state index contributed by atoms with van der Waals surface area (Å²) in [6.07, 6.45) is 4.76. The van der Waals surface area contributed by atoms with E-state index >= 15 is 0 Å². The number of benzene rings is 1. The van der Waals surface area contributed by atoms with E-state index in [1.165, 1.54) is 31.4 Å². The molecule has 1 unspecified atom stereocenters. The van der Waals surface area contributed by atoms with Gasteiger partial charge < -0.3 is 10.2 Å². The van der Waals surface area contributed by atoms with E-state index in [1.54, 1.807) is 0 Å². The monoisotopic (exact) mass is 345 g/mol. The molecule has 1 amide bonds. The number of hydrogen-bond donors (Lipinski definition) is 1. The van der Waals surface area contributed by atoms with Crippen LogP contribution in [0.1, 0.15) is 56.0 Å². The van der Waals surface area contributed by atoms with Crippen molar-refractivity contribution in [1.82, 2.24) is 15.1 Å². The first kappa shape index (κ1) is 19.9. The van der Waals surface area contributed by atoms with Gasteiger partial charge in [-0.2, -0.15) is 0 Å². The van der Waals surface area contributed by atoms with Gasteiger partial charge in [0.2, 0.25) is 0 Å². The molecule has 140 valence electrons. The van der Waals surface area contributed by atoms with Crippen molar-refractivity contribution >= 4 is 5.91 Å². The highest BCUT2D eigenvalue weighted by Gasteiger charge is 2.19. The average Bonchev–Trinajstić information content (AvgIpc) is 2.92. The lowest BCUT2D eigenvalue weighted by Gasteiger charge is -2.30. The van der Waals surface area contributed by atoms with Crippen molar-refractivity contribution < 1.29 is 4.79 Å². The number of carbonyl (C=O) groups excluding carboxylic acids is 1. The summed E-state index contributed by atoms with van der Waals surface area (Å²) in [5, 5.41) is 3.50. The van der Waals surface area contributed by atoms with Crippen molar-refractivity contribution in [3.05, 3.63) is 35.4 Å². The van der Waals surface area contributed by atoms with Crippen LogP contribution in [0, 0.1) is 0 Å². The zero-order valence-corrected chi connectivity index (χ0v) is 16.3. The van der Waals surface area contributed by atoms with Crippen LogP contribution in [0.4, 0.5) is 0 Å². The Kier molecular flexibility index (Phi) is 8.42. The first-order chi connectivity index (χ1) is 12.2. The molecule has 1 saturated heterocycles. The minimum Gasteiger partial charge on any atom is -0.339 e. The smallest absolute Gasteiger partial charge is 0.253 e. The summed E-state index contributed by atoms with van der Waals surface area (Å²) in [4.78, 5) is 17.0. The quantitative estimate of drug-likeness (QED) is 0.786. The van der Waals surface area contributed by atoms with Crippen LogP contribution in [0.3, 0.4) is 0 Å². The molecule has 1 fully saturated rings. The summed E-state index contributed by atoms with van der Waals surface area (Å²) >= 11 is 0. The summed E-state index contributed by atoms with van der Waals surface area (Å²) in [7, 11) is 0. The number of hydrogen-bond acceptors (Lipinski definition) is 3. The molecule has 0 aliphatic carbocycles. The molecule has 1 aromatic carbocycles. The second-order valence-electron chi connectivity index (χ2n) is 6.96. The summed E-state index contributed by atoms with van der Waals surface area (Å²) in [6.45, 7) is 12.4. The van der Waals surface area contributed by atoms with Crippen molar-refractivity contribution in [2.24, 2.45) is 0 Å². The van der Waals surface area contributed by atoms with E-state index in [9.17, 15) is 4.79 Å². The number of carbonyl (C=O) groups is 1. The zero-order chi connectivity index (χ0) is 18.1. The van der Waals surface area contributed by atoms with Crippen molar-refractivity contribution in [2.45, 2.75) is 52.5 Å². The lowest BCUT2D eigenvalue weighted by atomic mass is 9.99. The maximum Gasteiger partial charge on any atom is 0.253 e. The average molecular weight is 346 g/mol. The second-order valence-corrected chi connectivity index (χ2v) is 6.96. The Hall–Kier alpha value is -1.39. The summed E-state index contributed by atoms with van der Waals surface area (Å²) < 4.78 is 0. The molecule has 4 nitrogen and oxygen atoms in total. The van der Waals surface area contributed by atoms with Gasteiger partial charge in [-0.3, -0.25) is 9.69 Å². The Morgan fingerprint density at radius 2 is 1.84 bits per heavy atom. The number of nitrogens with one attached hydrogen (secondary N) is 1. The Bertz CT molecular complexity index is 502. The fraction of sp³-hybridized carbons (Fsp3) is 0.667. The van der Waals surface area contributed by atoms with E-state index in [0.29, 0.717) is 6.04 Å². The third-order valence-electron chi connectivity index (χ3n) is 5.24. The molecule has 1 aliphatic rings. The molecule has 25 heavy (non-hydrogen) atoms. The van der Waals surface area contributed by atoms with E-state index in [0.717, 1.165) is 44.7 Å². The molecule has 1 atom stereocenters. The van der Waals surface area contributed by atoms with Gasteiger partial charge in [-0.25, -0.2) is 0 Å². The lowest BCUT2D eigenvalue weighted by Crippen LogP contribution is -2.39. The highest BCUT2D eigenvalue weighted by molar-refractivity contribution is 5.94. The van der Waals surface area contributed by atoms with E-state index in [-0.39, 0.29) is 5.91 Å². The van der Waals surface area contributed by atoms with Gasteiger partial charge in [-0.05, 0) is 63.9 Å². The molecule has 0 radical (unpaired) electrons. The van der Waals surface area contributed by atoms with Crippen LogP contribution in [0.5, 0.6) is 0 Å². The normalized spacial score (nSPS) is 17.1. The minimum absolute atomic E-state index is 0.139. The first-order valence-corrected chi connectivity index (χ1v) is 10.0. The largest absolute Gasteiger partial charge is 0.339 e. The maximum atomic E-state index is 12.4. The van der Waals surface area contributed by atoms with Crippen molar-refractivity contribution in [3.63, 3.8) is 0 Å². The van der Waals surface area contributed by atoms with Crippen LogP contribution >= 0.6 is 0 Å².